The summed E-state index contributed by atoms with van der Waals surface area (Å²) >= 11 is 0. The van der Waals surface area contributed by atoms with Crippen molar-refractivity contribution in [3.8, 4) is 0 Å². The molecule has 0 fully saturated rings. The molecule has 0 saturated carbocycles. The summed E-state index contributed by atoms with van der Waals surface area (Å²) in [5.74, 6) is 0.555. The number of nitrogens with zero attached hydrogens (tertiary/aromatic N) is 1. The molecule has 0 aromatic carbocycles. The number of rotatable bonds is 1. The number of H-pyrrole nitrogens is 1. The van der Waals surface area contributed by atoms with Gasteiger partial charge in [0.1, 0.15) is 0 Å². The normalized spacial score (nSPS) is 14.6. The second kappa shape index (κ2) is 3.67. The summed E-state index contributed by atoms with van der Waals surface area (Å²) < 4.78 is 4.49. The van der Waals surface area contributed by atoms with E-state index in [0.717, 1.165) is 30.8 Å². The predicted octanol–water partition coefficient (Wildman–Crippen LogP) is 0.234. The van der Waals surface area contributed by atoms with Crippen molar-refractivity contribution in [1.82, 2.24) is 15.5 Å². The van der Waals surface area contributed by atoms with Crippen molar-refractivity contribution >= 4 is 11.9 Å². The third-order valence-electron chi connectivity index (χ3n) is 2.21. The fraction of sp³-hybridized carbons (Fsp3) is 0.500. The number of hydrogen-bond donors (Lipinski definition) is 3. The molecule has 0 radical (unpaired) electrons. The number of amides is 1. The molecule has 1 aromatic heterocycles. The maximum Gasteiger partial charge on any atom is 0.412 e. The molecule has 1 aliphatic heterocycles. The molecule has 14 heavy (non-hydrogen) atoms. The highest BCUT2D eigenvalue weighted by Gasteiger charge is 2.17. The number of aromatic amines is 1. The number of hydrogen-bond acceptors (Lipinski definition) is 4. The Balaban J connectivity index is 2.18. The molecule has 0 spiro atoms. The van der Waals surface area contributed by atoms with Crippen LogP contribution in [0.4, 0.5) is 10.6 Å². The Kier molecular flexibility index (Phi) is 2.36. The van der Waals surface area contributed by atoms with Gasteiger partial charge in [0.2, 0.25) is 0 Å². The van der Waals surface area contributed by atoms with Crippen molar-refractivity contribution in [3.63, 3.8) is 0 Å². The Hall–Kier alpha value is -1.56. The summed E-state index contributed by atoms with van der Waals surface area (Å²) in [6.07, 6.45) is 0.412. The smallest absolute Gasteiger partial charge is 0.412 e. The largest absolute Gasteiger partial charge is 0.453 e. The van der Waals surface area contributed by atoms with Gasteiger partial charge >= 0.3 is 6.09 Å². The molecule has 6 nitrogen and oxygen atoms in total. The van der Waals surface area contributed by atoms with Crippen LogP contribution in [0.25, 0.3) is 0 Å². The topological polar surface area (TPSA) is 79.0 Å². The van der Waals surface area contributed by atoms with Crippen LogP contribution in [-0.4, -0.2) is 29.9 Å². The van der Waals surface area contributed by atoms with E-state index in [1.54, 1.807) is 0 Å². The summed E-state index contributed by atoms with van der Waals surface area (Å²) in [5, 5.41) is 12.7. The van der Waals surface area contributed by atoms with Crippen LogP contribution >= 0.6 is 0 Å². The van der Waals surface area contributed by atoms with Gasteiger partial charge in [-0.1, -0.05) is 0 Å². The van der Waals surface area contributed by atoms with Gasteiger partial charge in [-0.05, 0) is 0 Å². The van der Waals surface area contributed by atoms with E-state index in [2.05, 4.69) is 25.6 Å². The lowest BCUT2D eigenvalue weighted by Crippen LogP contribution is -2.24. The lowest BCUT2D eigenvalue weighted by Gasteiger charge is -2.12. The first kappa shape index (κ1) is 9.01. The molecular weight excluding hydrogens is 184 g/mol. The first-order chi connectivity index (χ1) is 6.81. The minimum absolute atomic E-state index is 0.495. The van der Waals surface area contributed by atoms with Crippen molar-refractivity contribution < 1.29 is 9.53 Å². The SMILES string of the molecule is COC(=O)Nc1n[nH]c2c1CNCC2. The second-order valence-corrected chi connectivity index (χ2v) is 3.07. The highest BCUT2D eigenvalue weighted by Crippen LogP contribution is 2.19. The van der Waals surface area contributed by atoms with Gasteiger partial charge in [-0.25, -0.2) is 4.79 Å². The third kappa shape index (κ3) is 1.56. The van der Waals surface area contributed by atoms with E-state index in [1.165, 1.54) is 7.11 Å². The molecule has 0 atom stereocenters. The predicted molar refractivity (Wildman–Crippen MR) is 50.0 cm³/mol. The summed E-state index contributed by atoms with van der Waals surface area (Å²) in [6, 6.07) is 0. The molecule has 2 heterocycles. The third-order valence-corrected chi connectivity index (χ3v) is 2.21. The lowest BCUT2D eigenvalue weighted by molar-refractivity contribution is 0.187. The lowest BCUT2D eigenvalue weighted by atomic mass is 10.1. The fourth-order valence-electron chi connectivity index (χ4n) is 1.48. The Morgan fingerprint density at radius 2 is 2.50 bits per heavy atom. The van der Waals surface area contributed by atoms with E-state index in [-0.39, 0.29) is 0 Å². The molecule has 1 aromatic rings. The number of ether oxygens (including phenoxy) is 1. The van der Waals surface area contributed by atoms with E-state index < -0.39 is 6.09 Å². The van der Waals surface area contributed by atoms with E-state index in [1.807, 2.05) is 0 Å². The van der Waals surface area contributed by atoms with Crippen LogP contribution in [0.3, 0.4) is 0 Å². The molecule has 76 valence electrons. The first-order valence-electron chi connectivity index (χ1n) is 4.43. The summed E-state index contributed by atoms with van der Waals surface area (Å²) in [4.78, 5) is 11.0. The number of aromatic nitrogens is 2. The van der Waals surface area contributed by atoms with E-state index in [0.29, 0.717) is 5.82 Å². The minimum atomic E-state index is -0.495. The Morgan fingerprint density at radius 3 is 3.29 bits per heavy atom. The van der Waals surface area contributed by atoms with Crippen molar-refractivity contribution in [3.05, 3.63) is 11.3 Å². The zero-order valence-electron chi connectivity index (χ0n) is 7.89. The minimum Gasteiger partial charge on any atom is -0.453 e. The molecule has 0 saturated heterocycles. The number of fused-ring (bicyclic) bond motifs is 1. The molecular formula is C8H12N4O2. The van der Waals surface area contributed by atoms with E-state index in [4.69, 9.17) is 0 Å². The monoisotopic (exact) mass is 196 g/mol. The number of methoxy groups -OCH3 is 1. The van der Waals surface area contributed by atoms with Gasteiger partial charge in [-0.2, -0.15) is 5.10 Å². The quantitative estimate of drug-likeness (QED) is 0.601. The average molecular weight is 196 g/mol. The average Bonchev–Trinajstić information content (AvgIpc) is 2.62. The van der Waals surface area contributed by atoms with Gasteiger partial charge in [0.25, 0.3) is 0 Å². The van der Waals surface area contributed by atoms with Gasteiger partial charge in [-0.3, -0.25) is 10.4 Å². The highest BCUT2D eigenvalue weighted by molar-refractivity contribution is 5.84. The molecule has 1 aliphatic rings. The zero-order valence-corrected chi connectivity index (χ0v) is 7.89. The van der Waals surface area contributed by atoms with Crippen molar-refractivity contribution in [2.24, 2.45) is 0 Å². The van der Waals surface area contributed by atoms with Crippen molar-refractivity contribution in [2.45, 2.75) is 13.0 Å². The Bertz CT molecular complexity index is 347. The number of anilines is 1. The van der Waals surface area contributed by atoms with Crippen LogP contribution in [0, 0.1) is 0 Å². The molecule has 6 heteroatoms. The molecule has 0 aliphatic carbocycles. The number of nitrogens with one attached hydrogen (secondary N) is 3. The van der Waals surface area contributed by atoms with E-state index in [9.17, 15) is 4.79 Å². The summed E-state index contributed by atoms with van der Waals surface area (Å²) in [7, 11) is 1.33. The molecule has 0 unspecified atom stereocenters. The van der Waals surface area contributed by atoms with E-state index >= 15 is 0 Å². The fourth-order valence-corrected chi connectivity index (χ4v) is 1.48. The van der Waals surface area contributed by atoms with Crippen molar-refractivity contribution in [2.75, 3.05) is 19.0 Å². The van der Waals surface area contributed by atoms with Crippen LogP contribution in [0.2, 0.25) is 0 Å². The maximum atomic E-state index is 11.0. The molecule has 3 N–H and O–H groups in total. The summed E-state index contributed by atoms with van der Waals surface area (Å²) in [5.41, 5.74) is 2.09. The number of carbonyl (C=O) groups is 1. The standard InChI is InChI=1S/C8H12N4O2/c1-14-8(13)10-7-5-4-9-3-2-6(5)11-12-7/h9H,2-4H2,1H3,(H2,10,11,12,13). The van der Waals surface area contributed by atoms with Crippen molar-refractivity contribution in [1.29, 1.82) is 0 Å². The van der Waals surface area contributed by atoms with Gasteiger partial charge < -0.3 is 10.1 Å². The van der Waals surface area contributed by atoms with Crippen LogP contribution in [0.15, 0.2) is 0 Å². The van der Waals surface area contributed by atoms with Gasteiger partial charge in [0.15, 0.2) is 5.82 Å². The first-order valence-corrected chi connectivity index (χ1v) is 4.43. The van der Waals surface area contributed by atoms with Crippen LogP contribution in [0.5, 0.6) is 0 Å². The second-order valence-electron chi connectivity index (χ2n) is 3.07. The summed E-state index contributed by atoms with van der Waals surface area (Å²) in [6.45, 7) is 1.66. The molecule has 2 rings (SSSR count). The van der Waals surface area contributed by atoms with Gasteiger partial charge in [0, 0.05) is 30.8 Å². The zero-order chi connectivity index (χ0) is 9.97. The van der Waals surface area contributed by atoms with Crippen LogP contribution in [0.1, 0.15) is 11.3 Å². The number of carbonyl (C=O) groups excluding carboxylic acids is 1. The Morgan fingerprint density at radius 1 is 1.64 bits per heavy atom. The Labute approximate surface area is 81.0 Å². The molecule has 1 amide bonds. The van der Waals surface area contributed by atoms with Crippen LogP contribution in [-0.2, 0) is 17.7 Å². The van der Waals surface area contributed by atoms with Gasteiger partial charge in [-0.15, -0.1) is 0 Å². The maximum absolute atomic E-state index is 11.0. The van der Waals surface area contributed by atoms with Crippen LogP contribution < -0.4 is 10.6 Å². The van der Waals surface area contributed by atoms with Gasteiger partial charge in [0.05, 0.1) is 7.11 Å². The molecule has 0 bridgehead atoms. The highest BCUT2D eigenvalue weighted by atomic mass is 16.5.